The molecule has 0 fully saturated rings. The van der Waals surface area contributed by atoms with Crippen molar-refractivity contribution in [1.29, 1.82) is 0 Å². The molecule has 0 radical (unpaired) electrons. The zero-order valence-electron chi connectivity index (χ0n) is 8.36. The Hall–Kier alpha value is -1.27. The Morgan fingerprint density at radius 3 is 1.88 bits per heavy atom. The largest absolute Gasteiger partial charge is 0.692 e. The van der Waals surface area contributed by atoms with Crippen LogP contribution in [0.3, 0.4) is 0 Å². The fourth-order valence-corrected chi connectivity index (χ4v) is 0.561. The maximum atomic E-state index is 8.70. The molecule has 0 aliphatic rings. The van der Waals surface area contributed by atoms with E-state index in [0.29, 0.717) is 0 Å². The van der Waals surface area contributed by atoms with E-state index in [-0.39, 0.29) is 0 Å². The van der Waals surface area contributed by atoms with E-state index in [0.717, 1.165) is 11.8 Å². The van der Waals surface area contributed by atoms with Gasteiger partial charge in [0.1, 0.15) is 0 Å². The minimum absolute atomic E-state index is 0.903. The minimum Gasteiger partial charge on any atom is -0.516 e. The first-order chi connectivity index (χ1) is 7.90. The van der Waals surface area contributed by atoms with Crippen LogP contribution in [-0.4, -0.2) is 29.7 Å². The summed E-state index contributed by atoms with van der Waals surface area (Å²) in [5, 5.41) is 8.31. The molecule has 1 rings (SSSR count). The predicted molar refractivity (Wildman–Crippen MR) is 60.0 cm³/mol. The molecule has 17 heavy (non-hydrogen) atoms. The van der Waals surface area contributed by atoms with Crippen LogP contribution in [0, 0.1) is 0 Å². The van der Waals surface area contributed by atoms with Crippen molar-refractivity contribution in [3.63, 3.8) is 0 Å². The Morgan fingerprint density at radius 2 is 1.59 bits per heavy atom. The SMILES string of the molecule is O/C=C/c1cccnc1.O=[P+](O)O.O=[P+](O)O. The molecule has 10 heteroatoms. The van der Waals surface area contributed by atoms with Crippen LogP contribution < -0.4 is 0 Å². The van der Waals surface area contributed by atoms with Crippen LogP contribution in [0.4, 0.5) is 0 Å². The van der Waals surface area contributed by atoms with Crippen LogP contribution in [0.1, 0.15) is 5.56 Å². The minimum atomic E-state index is -2.87. The molecule has 0 aliphatic carbocycles. The lowest BCUT2D eigenvalue weighted by atomic mass is 10.3. The monoisotopic (exact) mass is 283 g/mol. The molecule has 1 aromatic heterocycles. The van der Waals surface area contributed by atoms with Crippen molar-refractivity contribution in [2.45, 2.75) is 0 Å². The molecule has 0 saturated heterocycles. The number of rotatable bonds is 1. The summed E-state index contributed by atoms with van der Waals surface area (Å²) < 4.78 is 17.4. The maximum Gasteiger partial charge on any atom is 0.692 e. The number of aromatic nitrogens is 1. The Kier molecular flexibility index (Phi) is 13.6. The number of pyridine rings is 1. The van der Waals surface area contributed by atoms with E-state index in [2.05, 4.69) is 4.98 Å². The Labute approximate surface area is 98.4 Å². The number of nitrogens with zero attached hydrogens (tertiary/aromatic N) is 1. The standard InChI is InChI=1S/C7H7NO.2HO3P/c9-5-3-7-2-1-4-8-6-7;2*1-4(2)3/h1-6,9H;2*(H-,1,2,3)/p+2/b5-3+;;. The normalized spacial score (nSPS) is 8.47. The van der Waals surface area contributed by atoms with Crippen molar-refractivity contribution >= 4 is 22.6 Å². The van der Waals surface area contributed by atoms with E-state index in [1.807, 2.05) is 12.1 Å². The summed E-state index contributed by atoms with van der Waals surface area (Å²) in [5.74, 6) is 0. The second-order valence-corrected chi connectivity index (χ2v) is 3.12. The van der Waals surface area contributed by atoms with Crippen molar-refractivity contribution < 1.29 is 33.8 Å². The van der Waals surface area contributed by atoms with Crippen LogP contribution >= 0.6 is 16.5 Å². The van der Waals surface area contributed by atoms with Crippen LogP contribution in [0.15, 0.2) is 30.8 Å². The predicted octanol–water partition coefficient (Wildman–Crippen LogP) is 0.867. The zero-order chi connectivity index (χ0) is 13.7. The molecule has 0 aliphatic heterocycles. The molecule has 5 N–H and O–H groups in total. The Bertz CT molecular complexity index is 336. The highest BCUT2D eigenvalue weighted by atomic mass is 31.1. The lowest BCUT2D eigenvalue weighted by molar-refractivity contribution is 0.403. The van der Waals surface area contributed by atoms with Crippen molar-refractivity contribution in [1.82, 2.24) is 4.98 Å². The molecular weight excluding hydrogens is 272 g/mol. The van der Waals surface area contributed by atoms with Crippen LogP contribution in [0.25, 0.3) is 6.08 Å². The highest BCUT2D eigenvalue weighted by molar-refractivity contribution is 7.31. The molecule has 0 atom stereocenters. The van der Waals surface area contributed by atoms with Gasteiger partial charge in [0.2, 0.25) is 0 Å². The number of hydrogen-bond donors (Lipinski definition) is 5. The second-order valence-electron chi connectivity index (χ2n) is 2.11. The number of hydrogen-bond acceptors (Lipinski definition) is 4. The third-order valence-electron chi connectivity index (χ3n) is 0.951. The van der Waals surface area contributed by atoms with Gasteiger partial charge in [0.15, 0.2) is 0 Å². The summed E-state index contributed by atoms with van der Waals surface area (Å²) in [6.45, 7) is 0. The average Bonchev–Trinajstić information content (AvgIpc) is 2.18. The summed E-state index contributed by atoms with van der Waals surface area (Å²) in [6, 6.07) is 3.68. The smallest absolute Gasteiger partial charge is 0.516 e. The molecular formula is C7H11NO7P2+2. The first-order valence-corrected chi connectivity index (χ1v) is 6.14. The van der Waals surface area contributed by atoms with Crippen LogP contribution in [0.5, 0.6) is 0 Å². The van der Waals surface area contributed by atoms with Crippen LogP contribution in [0.2, 0.25) is 0 Å². The van der Waals surface area contributed by atoms with Crippen LogP contribution in [-0.2, 0) is 9.13 Å². The summed E-state index contributed by atoms with van der Waals surface area (Å²) in [5.41, 5.74) is 0.903. The molecule has 0 spiro atoms. The number of aliphatic hydroxyl groups excluding tert-OH is 1. The first kappa shape index (κ1) is 18.1. The van der Waals surface area contributed by atoms with Gasteiger partial charge in [-0.15, -0.1) is 19.6 Å². The molecule has 0 amide bonds. The lowest BCUT2D eigenvalue weighted by Crippen LogP contribution is -1.71. The Balaban J connectivity index is 0. The lowest BCUT2D eigenvalue weighted by Gasteiger charge is -1.85. The van der Waals surface area contributed by atoms with Gasteiger partial charge in [0.25, 0.3) is 0 Å². The Morgan fingerprint density at radius 1 is 1.12 bits per heavy atom. The summed E-state index contributed by atoms with van der Waals surface area (Å²) in [4.78, 5) is 32.3. The molecule has 1 heterocycles. The van der Waals surface area contributed by atoms with Crippen molar-refractivity contribution in [2.75, 3.05) is 0 Å². The van der Waals surface area contributed by atoms with Crippen molar-refractivity contribution in [3.05, 3.63) is 36.4 Å². The summed E-state index contributed by atoms with van der Waals surface area (Å²) in [6.07, 6.45) is 5.94. The third kappa shape index (κ3) is 25.2. The van der Waals surface area contributed by atoms with Gasteiger partial charge in [-0.3, -0.25) is 4.98 Å². The molecule has 0 aromatic carbocycles. The molecule has 1 aromatic rings. The zero-order valence-corrected chi connectivity index (χ0v) is 10.1. The van der Waals surface area contributed by atoms with Gasteiger partial charge in [-0.25, -0.2) is 0 Å². The second kappa shape index (κ2) is 12.8. The molecule has 0 unspecified atom stereocenters. The van der Waals surface area contributed by atoms with Gasteiger partial charge in [0, 0.05) is 21.5 Å². The molecule has 8 nitrogen and oxygen atoms in total. The van der Waals surface area contributed by atoms with Crippen molar-refractivity contribution in [2.24, 2.45) is 0 Å². The van der Waals surface area contributed by atoms with Gasteiger partial charge in [0.05, 0.1) is 6.26 Å². The summed E-state index contributed by atoms with van der Waals surface area (Å²) in [7, 11) is -5.74. The van der Waals surface area contributed by atoms with E-state index >= 15 is 0 Å². The van der Waals surface area contributed by atoms with E-state index in [9.17, 15) is 0 Å². The quantitative estimate of drug-likeness (QED) is 0.376. The first-order valence-electron chi connectivity index (χ1n) is 3.81. The van der Waals surface area contributed by atoms with Gasteiger partial charge in [-0.05, 0) is 17.7 Å². The van der Waals surface area contributed by atoms with Gasteiger partial charge >= 0.3 is 16.5 Å². The highest BCUT2D eigenvalue weighted by Crippen LogP contribution is 1.99. The average molecular weight is 283 g/mol. The van der Waals surface area contributed by atoms with Gasteiger partial charge < -0.3 is 5.11 Å². The van der Waals surface area contributed by atoms with Gasteiger partial charge in [-0.2, -0.15) is 0 Å². The third-order valence-corrected chi connectivity index (χ3v) is 0.951. The van der Waals surface area contributed by atoms with E-state index in [4.69, 9.17) is 33.8 Å². The molecule has 0 bridgehead atoms. The van der Waals surface area contributed by atoms with E-state index in [1.165, 1.54) is 0 Å². The molecule has 94 valence electrons. The summed E-state index contributed by atoms with van der Waals surface area (Å²) >= 11 is 0. The fraction of sp³-hybridized carbons (Fsp3) is 0. The maximum absolute atomic E-state index is 8.70. The topological polar surface area (TPSA) is 148 Å². The van der Waals surface area contributed by atoms with E-state index in [1.54, 1.807) is 18.5 Å². The number of aliphatic hydroxyl groups is 1. The highest BCUT2D eigenvalue weighted by Gasteiger charge is 1.93. The van der Waals surface area contributed by atoms with E-state index < -0.39 is 16.5 Å². The fourth-order valence-electron chi connectivity index (χ4n) is 0.561. The van der Waals surface area contributed by atoms with Crippen molar-refractivity contribution in [3.8, 4) is 0 Å². The molecule has 0 saturated carbocycles. The van der Waals surface area contributed by atoms with Gasteiger partial charge in [-0.1, -0.05) is 6.07 Å².